The average Bonchev–Trinajstić information content (AvgIpc) is 2.19. The summed E-state index contributed by atoms with van der Waals surface area (Å²) >= 11 is 6.08. The lowest BCUT2D eigenvalue weighted by Crippen LogP contribution is -2.36. The van der Waals surface area contributed by atoms with Crippen molar-refractivity contribution in [2.75, 3.05) is 53.5 Å². The molecule has 0 saturated carbocycles. The van der Waals surface area contributed by atoms with Crippen LogP contribution in [0.4, 0.5) is 0 Å². The van der Waals surface area contributed by atoms with Crippen molar-refractivity contribution < 1.29 is 4.74 Å². The lowest BCUT2D eigenvalue weighted by molar-refractivity contribution is 0.176. The van der Waals surface area contributed by atoms with Crippen LogP contribution in [0.3, 0.4) is 0 Å². The Balaban J connectivity index is 3.59. The van der Waals surface area contributed by atoms with Gasteiger partial charge in [0.15, 0.2) is 0 Å². The van der Waals surface area contributed by atoms with E-state index in [0.717, 1.165) is 32.7 Å². The summed E-state index contributed by atoms with van der Waals surface area (Å²) in [4.78, 5) is 4.67. The second-order valence-corrected chi connectivity index (χ2v) is 4.46. The van der Waals surface area contributed by atoms with E-state index in [1.807, 2.05) is 0 Å². The Bertz CT molecular complexity index is 143. The molecule has 0 saturated heterocycles. The van der Waals surface area contributed by atoms with Gasteiger partial charge in [0.2, 0.25) is 0 Å². The van der Waals surface area contributed by atoms with E-state index in [1.165, 1.54) is 0 Å². The van der Waals surface area contributed by atoms with E-state index >= 15 is 0 Å². The van der Waals surface area contributed by atoms with E-state index < -0.39 is 0 Å². The van der Waals surface area contributed by atoms with Crippen LogP contribution in [0, 0.1) is 0 Å². The summed E-state index contributed by atoms with van der Waals surface area (Å²) in [5.41, 5.74) is 0. The Morgan fingerprint density at radius 3 is 2.27 bits per heavy atom. The molecule has 0 radical (unpaired) electrons. The van der Waals surface area contributed by atoms with Gasteiger partial charge in [-0.05, 0) is 20.1 Å². The van der Waals surface area contributed by atoms with Crippen molar-refractivity contribution in [3.8, 4) is 0 Å². The van der Waals surface area contributed by atoms with Crippen LogP contribution in [0.25, 0.3) is 0 Å². The summed E-state index contributed by atoms with van der Waals surface area (Å²) < 4.78 is 5.00. The molecule has 0 aliphatic heterocycles. The summed E-state index contributed by atoms with van der Waals surface area (Å²) in [5.74, 6) is 0. The average molecular weight is 237 g/mol. The molecule has 1 atom stereocenters. The predicted octanol–water partition coefficient (Wildman–Crippen LogP) is 1.51. The zero-order valence-electron chi connectivity index (χ0n) is 10.5. The molecule has 0 amide bonds. The molecule has 0 bridgehead atoms. The quantitative estimate of drug-likeness (QED) is 0.565. The Hall–Kier alpha value is 0.170. The molecular formula is C11H25ClN2O. The van der Waals surface area contributed by atoms with Crippen molar-refractivity contribution in [2.45, 2.75) is 19.2 Å². The first-order chi connectivity index (χ1) is 7.13. The molecule has 4 heteroatoms. The van der Waals surface area contributed by atoms with E-state index in [2.05, 4.69) is 30.7 Å². The van der Waals surface area contributed by atoms with Crippen LogP contribution < -0.4 is 0 Å². The van der Waals surface area contributed by atoms with Gasteiger partial charge in [0, 0.05) is 26.7 Å². The van der Waals surface area contributed by atoms with Crippen molar-refractivity contribution in [1.29, 1.82) is 0 Å². The first kappa shape index (κ1) is 15.2. The van der Waals surface area contributed by atoms with Gasteiger partial charge in [-0.2, -0.15) is 0 Å². The highest BCUT2D eigenvalue weighted by Crippen LogP contribution is 1.99. The van der Waals surface area contributed by atoms with Crippen LogP contribution in [-0.2, 0) is 4.74 Å². The molecular weight excluding hydrogens is 212 g/mol. The first-order valence-corrected chi connectivity index (χ1v) is 6.11. The fraction of sp³-hybridized carbons (Fsp3) is 1.00. The summed E-state index contributed by atoms with van der Waals surface area (Å²) in [6.45, 7) is 10.3. The molecule has 0 aromatic carbocycles. The smallest absolute Gasteiger partial charge is 0.0696 e. The van der Waals surface area contributed by atoms with Crippen molar-refractivity contribution in [1.82, 2.24) is 9.80 Å². The van der Waals surface area contributed by atoms with Crippen molar-refractivity contribution in [3.05, 3.63) is 0 Å². The number of hydrogen-bond donors (Lipinski definition) is 0. The minimum absolute atomic E-state index is 0.0942. The Morgan fingerprint density at radius 2 is 1.80 bits per heavy atom. The summed E-state index contributed by atoms with van der Waals surface area (Å²) in [7, 11) is 3.79. The molecule has 0 aliphatic carbocycles. The zero-order valence-corrected chi connectivity index (χ0v) is 11.3. The topological polar surface area (TPSA) is 15.7 Å². The molecule has 0 N–H and O–H groups in total. The third-order valence-corrected chi connectivity index (χ3v) is 2.81. The standard InChI is InChI=1S/C11H25ClN2O/c1-5-14(6-2)8-7-13(3)9-11(12)10-15-4/h11H,5-10H2,1-4H3. The predicted molar refractivity (Wildman–Crippen MR) is 66.8 cm³/mol. The second kappa shape index (κ2) is 9.40. The van der Waals surface area contributed by atoms with E-state index in [9.17, 15) is 0 Å². The number of alkyl halides is 1. The molecule has 0 aliphatic rings. The Labute approximate surface area is 99.3 Å². The van der Waals surface area contributed by atoms with Gasteiger partial charge in [0.05, 0.1) is 12.0 Å². The lowest BCUT2D eigenvalue weighted by atomic mass is 10.4. The van der Waals surface area contributed by atoms with E-state index in [1.54, 1.807) is 7.11 Å². The fourth-order valence-corrected chi connectivity index (χ4v) is 1.88. The van der Waals surface area contributed by atoms with Gasteiger partial charge in [-0.15, -0.1) is 11.6 Å². The summed E-state index contributed by atoms with van der Waals surface area (Å²) in [6, 6.07) is 0. The number of rotatable bonds is 9. The number of nitrogens with zero attached hydrogens (tertiary/aromatic N) is 2. The summed E-state index contributed by atoms with van der Waals surface area (Å²) in [5, 5.41) is 0.0942. The van der Waals surface area contributed by atoms with Crippen molar-refractivity contribution >= 4 is 11.6 Å². The maximum absolute atomic E-state index is 6.08. The SMILES string of the molecule is CCN(CC)CCN(C)CC(Cl)COC. The van der Waals surface area contributed by atoms with Crippen LogP contribution in [0.2, 0.25) is 0 Å². The second-order valence-electron chi connectivity index (χ2n) is 3.84. The third kappa shape index (κ3) is 8.03. The number of methoxy groups -OCH3 is 1. The first-order valence-electron chi connectivity index (χ1n) is 5.67. The number of likely N-dealkylation sites (N-methyl/N-ethyl adjacent to an activating group) is 2. The molecule has 0 rings (SSSR count). The molecule has 0 heterocycles. The Kier molecular flexibility index (Phi) is 9.51. The van der Waals surface area contributed by atoms with Gasteiger partial charge >= 0.3 is 0 Å². The van der Waals surface area contributed by atoms with Gasteiger partial charge in [0.25, 0.3) is 0 Å². The molecule has 0 fully saturated rings. The largest absolute Gasteiger partial charge is 0.383 e. The highest BCUT2D eigenvalue weighted by Gasteiger charge is 2.08. The van der Waals surface area contributed by atoms with Gasteiger partial charge in [-0.25, -0.2) is 0 Å². The van der Waals surface area contributed by atoms with Crippen LogP contribution in [0.5, 0.6) is 0 Å². The number of halogens is 1. The van der Waals surface area contributed by atoms with Crippen LogP contribution in [0.1, 0.15) is 13.8 Å². The Morgan fingerprint density at radius 1 is 1.20 bits per heavy atom. The molecule has 1 unspecified atom stereocenters. The van der Waals surface area contributed by atoms with Gasteiger partial charge in [-0.1, -0.05) is 13.8 Å². The minimum atomic E-state index is 0.0942. The van der Waals surface area contributed by atoms with Gasteiger partial charge in [0.1, 0.15) is 0 Å². The molecule has 0 spiro atoms. The maximum Gasteiger partial charge on any atom is 0.0696 e. The van der Waals surface area contributed by atoms with Gasteiger partial charge in [-0.3, -0.25) is 0 Å². The lowest BCUT2D eigenvalue weighted by Gasteiger charge is -2.24. The van der Waals surface area contributed by atoms with Gasteiger partial charge < -0.3 is 14.5 Å². The van der Waals surface area contributed by atoms with Crippen LogP contribution in [-0.4, -0.2) is 68.7 Å². The molecule has 15 heavy (non-hydrogen) atoms. The zero-order chi connectivity index (χ0) is 11.7. The van der Waals surface area contributed by atoms with Crippen molar-refractivity contribution in [3.63, 3.8) is 0 Å². The van der Waals surface area contributed by atoms with Crippen LogP contribution >= 0.6 is 11.6 Å². The normalized spacial score (nSPS) is 13.8. The van der Waals surface area contributed by atoms with E-state index in [0.29, 0.717) is 6.61 Å². The highest BCUT2D eigenvalue weighted by molar-refractivity contribution is 6.20. The summed E-state index contributed by atoms with van der Waals surface area (Å²) in [6.07, 6.45) is 0. The molecule has 0 aromatic heterocycles. The molecule has 92 valence electrons. The van der Waals surface area contributed by atoms with E-state index in [4.69, 9.17) is 16.3 Å². The maximum atomic E-state index is 6.08. The number of hydrogen-bond acceptors (Lipinski definition) is 3. The van der Waals surface area contributed by atoms with Crippen molar-refractivity contribution in [2.24, 2.45) is 0 Å². The molecule has 3 nitrogen and oxygen atoms in total. The van der Waals surface area contributed by atoms with E-state index in [-0.39, 0.29) is 5.38 Å². The highest BCUT2D eigenvalue weighted by atomic mass is 35.5. The molecule has 0 aromatic rings. The number of ether oxygens (including phenoxy) is 1. The third-order valence-electron chi connectivity index (χ3n) is 2.55. The fourth-order valence-electron chi connectivity index (χ4n) is 1.51. The minimum Gasteiger partial charge on any atom is -0.383 e. The van der Waals surface area contributed by atoms with Crippen LogP contribution in [0.15, 0.2) is 0 Å². The monoisotopic (exact) mass is 236 g/mol.